The van der Waals surface area contributed by atoms with Crippen molar-refractivity contribution in [1.29, 1.82) is 0 Å². The maximum absolute atomic E-state index is 13.2. The summed E-state index contributed by atoms with van der Waals surface area (Å²) in [4.78, 5) is 2.12. The lowest BCUT2D eigenvalue weighted by Gasteiger charge is -2.47. The first-order valence-electron chi connectivity index (χ1n) is 4.80. The van der Waals surface area contributed by atoms with Crippen LogP contribution in [0.25, 0.3) is 0 Å². The highest BCUT2D eigenvalue weighted by molar-refractivity contribution is 4.97. The molecular weight excluding hydrogens is 174 g/mol. The number of fused-ring (bicyclic) bond motifs is 2. The zero-order valence-corrected chi connectivity index (χ0v) is 7.84. The van der Waals surface area contributed by atoms with Crippen LogP contribution in [-0.4, -0.2) is 37.0 Å². The third-order valence-electron chi connectivity index (χ3n) is 3.30. The Morgan fingerprint density at radius 3 is 2.15 bits per heavy atom. The van der Waals surface area contributed by atoms with Crippen LogP contribution in [0.3, 0.4) is 0 Å². The maximum Gasteiger partial charge on any atom is 0.248 e. The van der Waals surface area contributed by atoms with Gasteiger partial charge in [0, 0.05) is 32.0 Å². The fourth-order valence-electron chi connectivity index (χ4n) is 2.76. The van der Waals surface area contributed by atoms with E-state index in [2.05, 4.69) is 4.90 Å². The lowest BCUT2D eigenvalue weighted by Crippen LogP contribution is -2.58. The number of hydrogen-bond acceptors (Lipinski definition) is 2. The molecule has 2 nitrogen and oxygen atoms in total. The fourth-order valence-corrected chi connectivity index (χ4v) is 2.76. The molecule has 2 aliphatic rings. The molecule has 13 heavy (non-hydrogen) atoms. The Morgan fingerprint density at radius 2 is 1.69 bits per heavy atom. The standard InChI is InChI=1S/C9H16F2N2/c1-13-4-6-2-9(10,11)3-7(5-13)8(6)12/h6-8H,2-5,12H2,1H3. The zero-order valence-electron chi connectivity index (χ0n) is 7.84. The third-order valence-corrected chi connectivity index (χ3v) is 3.30. The van der Waals surface area contributed by atoms with E-state index >= 15 is 0 Å². The minimum atomic E-state index is -2.47. The molecule has 0 amide bonds. The topological polar surface area (TPSA) is 29.3 Å². The van der Waals surface area contributed by atoms with E-state index in [0.717, 1.165) is 13.1 Å². The average Bonchev–Trinajstić information content (AvgIpc) is 1.94. The lowest BCUT2D eigenvalue weighted by molar-refractivity contribution is -0.103. The molecule has 0 spiro atoms. The van der Waals surface area contributed by atoms with Gasteiger partial charge in [0.1, 0.15) is 0 Å². The number of alkyl halides is 2. The maximum atomic E-state index is 13.2. The van der Waals surface area contributed by atoms with Crippen LogP contribution in [0.15, 0.2) is 0 Å². The molecule has 2 fully saturated rings. The van der Waals surface area contributed by atoms with Crippen molar-refractivity contribution in [2.75, 3.05) is 20.1 Å². The molecule has 0 aromatic rings. The smallest absolute Gasteiger partial charge is 0.248 e. The molecule has 0 radical (unpaired) electrons. The molecule has 1 saturated carbocycles. The van der Waals surface area contributed by atoms with Crippen molar-refractivity contribution < 1.29 is 8.78 Å². The highest BCUT2D eigenvalue weighted by Crippen LogP contribution is 2.42. The fraction of sp³-hybridized carbons (Fsp3) is 1.00. The van der Waals surface area contributed by atoms with E-state index in [9.17, 15) is 8.78 Å². The van der Waals surface area contributed by atoms with E-state index in [1.807, 2.05) is 7.05 Å². The Balaban J connectivity index is 2.13. The minimum Gasteiger partial charge on any atom is -0.327 e. The first-order valence-corrected chi connectivity index (χ1v) is 4.80. The van der Waals surface area contributed by atoms with E-state index in [-0.39, 0.29) is 30.7 Å². The highest BCUT2D eigenvalue weighted by atomic mass is 19.3. The summed E-state index contributed by atoms with van der Waals surface area (Å²) in [5.41, 5.74) is 5.91. The highest BCUT2D eigenvalue weighted by Gasteiger charge is 2.48. The molecule has 1 heterocycles. The average molecular weight is 190 g/mol. The van der Waals surface area contributed by atoms with Gasteiger partial charge in [0.15, 0.2) is 0 Å². The molecule has 0 aromatic heterocycles. The molecule has 2 bridgehead atoms. The SMILES string of the molecule is CN1CC2CC(F)(F)CC(C1)C2N. The van der Waals surface area contributed by atoms with Gasteiger partial charge in [-0.05, 0) is 18.9 Å². The van der Waals surface area contributed by atoms with E-state index in [1.54, 1.807) is 0 Å². The van der Waals surface area contributed by atoms with E-state index in [1.165, 1.54) is 0 Å². The van der Waals surface area contributed by atoms with Crippen molar-refractivity contribution in [2.45, 2.75) is 24.8 Å². The second kappa shape index (κ2) is 2.89. The van der Waals surface area contributed by atoms with Gasteiger partial charge in [-0.1, -0.05) is 0 Å². The number of likely N-dealkylation sites (tertiary alicyclic amines) is 1. The molecule has 0 aromatic carbocycles. The first kappa shape index (κ1) is 9.34. The van der Waals surface area contributed by atoms with Crippen LogP contribution in [-0.2, 0) is 0 Å². The van der Waals surface area contributed by atoms with Crippen LogP contribution in [0.4, 0.5) is 8.78 Å². The molecule has 4 heteroatoms. The minimum absolute atomic E-state index is 0.00387. The number of nitrogens with two attached hydrogens (primary N) is 1. The van der Waals surface area contributed by atoms with E-state index < -0.39 is 5.92 Å². The molecule has 2 N–H and O–H groups in total. The van der Waals surface area contributed by atoms with Crippen LogP contribution in [0.5, 0.6) is 0 Å². The summed E-state index contributed by atoms with van der Waals surface area (Å²) in [5.74, 6) is -2.48. The van der Waals surface area contributed by atoms with Crippen molar-refractivity contribution in [1.82, 2.24) is 4.90 Å². The molecule has 2 atom stereocenters. The zero-order chi connectivity index (χ0) is 9.64. The van der Waals surface area contributed by atoms with Gasteiger partial charge in [0.25, 0.3) is 0 Å². The number of piperidine rings is 1. The largest absolute Gasteiger partial charge is 0.327 e. The van der Waals surface area contributed by atoms with Gasteiger partial charge in [-0.15, -0.1) is 0 Å². The number of hydrogen-bond donors (Lipinski definition) is 1. The Hall–Kier alpha value is -0.220. The van der Waals surface area contributed by atoms with Crippen molar-refractivity contribution in [2.24, 2.45) is 17.6 Å². The van der Waals surface area contributed by atoms with Crippen molar-refractivity contribution in [3.63, 3.8) is 0 Å². The summed E-state index contributed by atoms with van der Waals surface area (Å²) in [7, 11) is 1.98. The number of rotatable bonds is 0. The van der Waals surface area contributed by atoms with Gasteiger partial charge >= 0.3 is 0 Å². The quantitative estimate of drug-likeness (QED) is 0.615. The summed E-state index contributed by atoms with van der Waals surface area (Å²) in [6.45, 7) is 1.46. The molecule has 2 rings (SSSR count). The van der Waals surface area contributed by atoms with Gasteiger partial charge in [-0.25, -0.2) is 8.78 Å². The Bertz CT molecular complexity index is 190. The van der Waals surface area contributed by atoms with Crippen molar-refractivity contribution >= 4 is 0 Å². The monoisotopic (exact) mass is 190 g/mol. The summed E-state index contributed by atoms with van der Waals surface area (Å²) in [6, 6.07) is -0.00387. The Morgan fingerprint density at radius 1 is 1.23 bits per heavy atom. The predicted octanol–water partition coefficient (Wildman–Crippen LogP) is 0.921. The van der Waals surface area contributed by atoms with E-state index in [0.29, 0.717) is 0 Å². The van der Waals surface area contributed by atoms with Crippen molar-refractivity contribution in [3.05, 3.63) is 0 Å². The Kier molecular flexibility index (Phi) is 2.07. The number of nitrogens with zero attached hydrogens (tertiary/aromatic N) is 1. The molecule has 1 saturated heterocycles. The lowest BCUT2D eigenvalue weighted by atomic mass is 9.72. The van der Waals surface area contributed by atoms with Gasteiger partial charge in [-0.2, -0.15) is 0 Å². The molecule has 2 unspecified atom stereocenters. The first-order chi connectivity index (χ1) is 5.98. The van der Waals surface area contributed by atoms with Crippen molar-refractivity contribution in [3.8, 4) is 0 Å². The Labute approximate surface area is 77.1 Å². The summed E-state index contributed by atoms with van der Waals surface area (Å²) >= 11 is 0. The van der Waals surface area contributed by atoms with E-state index in [4.69, 9.17) is 5.73 Å². The second-order valence-corrected chi connectivity index (χ2v) is 4.58. The van der Waals surface area contributed by atoms with Gasteiger partial charge in [-0.3, -0.25) is 0 Å². The normalized spacial score (nSPS) is 44.8. The van der Waals surface area contributed by atoms with Crippen LogP contribution in [0.1, 0.15) is 12.8 Å². The molecule has 1 aliphatic carbocycles. The van der Waals surface area contributed by atoms with Gasteiger partial charge in [0.2, 0.25) is 5.92 Å². The van der Waals surface area contributed by atoms with Gasteiger partial charge in [0.05, 0.1) is 0 Å². The molecule has 76 valence electrons. The van der Waals surface area contributed by atoms with Crippen LogP contribution in [0, 0.1) is 11.8 Å². The second-order valence-electron chi connectivity index (χ2n) is 4.58. The third kappa shape index (κ3) is 1.70. The van der Waals surface area contributed by atoms with Gasteiger partial charge < -0.3 is 10.6 Å². The molecule has 1 aliphatic heterocycles. The summed E-state index contributed by atoms with van der Waals surface area (Å²) in [6.07, 6.45) is -0.0377. The van der Waals surface area contributed by atoms with Crippen LogP contribution >= 0.6 is 0 Å². The number of halogens is 2. The van der Waals surface area contributed by atoms with Crippen LogP contribution < -0.4 is 5.73 Å². The predicted molar refractivity (Wildman–Crippen MR) is 46.6 cm³/mol. The summed E-state index contributed by atoms with van der Waals surface area (Å²) in [5, 5.41) is 0. The molecular formula is C9H16F2N2. The summed E-state index contributed by atoms with van der Waals surface area (Å²) < 4.78 is 26.3. The van der Waals surface area contributed by atoms with Crippen LogP contribution in [0.2, 0.25) is 0 Å².